The summed E-state index contributed by atoms with van der Waals surface area (Å²) < 4.78 is 127. The number of carbonyl (C=O) groups excluding carboxylic acids is 4. The third kappa shape index (κ3) is 27.9. The van der Waals surface area contributed by atoms with Crippen LogP contribution in [0.2, 0.25) is 0 Å². The smallest absolute Gasteiger partial charge is 0.475 e. The number of nitrogens with one attached hydrogen (secondary N) is 5. The van der Waals surface area contributed by atoms with Crippen molar-refractivity contribution < 1.29 is 111 Å². The molecular weight excluding hydrogens is 1070 g/mol. The van der Waals surface area contributed by atoms with Crippen molar-refractivity contribution in [1.82, 2.24) is 20.4 Å². The van der Waals surface area contributed by atoms with Gasteiger partial charge in [-0.25, -0.2) is 19.2 Å². The van der Waals surface area contributed by atoms with Crippen molar-refractivity contribution in [2.45, 2.75) is 69.0 Å². The molecule has 2 atom stereocenters. The van der Waals surface area contributed by atoms with Crippen molar-refractivity contribution in [2.75, 3.05) is 49.9 Å². The lowest BCUT2D eigenvalue weighted by Crippen LogP contribution is -2.52. The van der Waals surface area contributed by atoms with Gasteiger partial charge >= 0.3 is 48.6 Å². The van der Waals surface area contributed by atoms with Gasteiger partial charge in [0.1, 0.15) is 11.9 Å². The zero-order valence-corrected chi connectivity index (χ0v) is 39.5. The maximum absolute atomic E-state index is 13.5. The number of nitrogens with zero attached hydrogens (tertiary/aromatic N) is 2. The topological polar surface area (TPSA) is 348 Å². The number of nitrogens with two attached hydrogens (primary N) is 2. The molecule has 3 aromatic carbocycles. The van der Waals surface area contributed by atoms with Gasteiger partial charge in [-0.15, -0.1) is 0 Å². The normalized spacial score (nSPS) is 18.4. The molecule has 3 aromatic rings. The average Bonchev–Trinajstić information content (AvgIpc) is 3.32. The lowest BCUT2D eigenvalue weighted by molar-refractivity contribution is -0.193. The monoisotopic (exact) mass is 1120 g/mol. The van der Waals surface area contributed by atoms with Crippen molar-refractivity contribution in [3.05, 3.63) is 95.1 Å². The second-order valence-electron chi connectivity index (χ2n) is 15.8. The summed E-state index contributed by atoms with van der Waals surface area (Å²) in [6, 6.07) is 19.6. The first-order chi connectivity index (χ1) is 35.4. The van der Waals surface area contributed by atoms with Crippen LogP contribution in [0.15, 0.2) is 72.8 Å². The number of anilines is 2. The lowest BCUT2D eigenvalue weighted by Gasteiger charge is -2.34. The molecule has 0 spiro atoms. The van der Waals surface area contributed by atoms with Gasteiger partial charge in [0.25, 0.3) is 0 Å². The summed E-state index contributed by atoms with van der Waals surface area (Å²) in [6.45, 7) is 4.87. The van der Waals surface area contributed by atoms with Crippen molar-refractivity contribution in [2.24, 2.45) is 11.5 Å². The van der Waals surface area contributed by atoms with E-state index in [0.29, 0.717) is 42.9 Å². The summed E-state index contributed by atoms with van der Waals surface area (Å²) in [5.41, 5.74) is 16.2. The first-order valence-corrected chi connectivity index (χ1v) is 21.6. The van der Waals surface area contributed by atoms with Crippen molar-refractivity contribution in [1.29, 1.82) is 5.41 Å². The summed E-state index contributed by atoms with van der Waals surface area (Å²) >= 11 is 0. The number of carboxylic acid groups (broad SMARTS) is 4. The number of hydrogen-bond donors (Lipinski definition) is 11. The third-order valence-electron chi connectivity index (χ3n) is 9.82. The number of piperazine rings is 1. The SMILES string of the molecule is N=C(N)c1ccc(CNC(=O)[C@@H]2Cc3ccc(cc3)NC(=O)CCN3CCN(CCC(=O)Nc4ccc(cc4)C[C@@H](N)C(=O)N2)CC3)cc1.O=C(O)C(F)(F)F.O=C(O)C(F)(F)F.O=C(O)C(F)(F)F.O=C(O)C(F)(F)F. The van der Waals surface area contributed by atoms with E-state index in [4.69, 9.17) is 56.5 Å². The second kappa shape index (κ2) is 30.5. The van der Waals surface area contributed by atoms with Crippen LogP contribution in [0.25, 0.3) is 0 Å². The first-order valence-electron chi connectivity index (χ1n) is 21.6. The van der Waals surface area contributed by atoms with E-state index >= 15 is 0 Å². The minimum atomic E-state index is -5.08. The van der Waals surface area contributed by atoms with E-state index in [1.54, 1.807) is 48.5 Å². The molecule has 0 saturated carbocycles. The fourth-order valence-electron chi connectivity index (χ4n) is 5.84. The van der Waals surface area contributed by atoms with Crippen LogP contribution in [0, 0.1) is 5.41 Å². The Morgan fingerprint density at radius 2 is 0.883 bits per heavy atom. The van der Waals surface area contributed by atoms with Crippen LogP contribution in [0.1, 0.15) is 35.1 Å². The predicted octanol–water partition coefficient (Wildman–Crippen LogP) is 3.71. The van der Waals surface area contributed by atoms with E-state index < -0.39 is 66.6 Å². The van der Waals surface area contributed by atoms with Gasteiger partial charge in [0.2, 0.25) is 23.6 Å². The van der Waals surface area contributed by atoms with Crippen LogP contribution >= 0.6 is 0 Å². The Labute approximate surface area is 427 Å². The summed E-state index contributed by atoms with van der Waals surface area (Å²) in [7, 11) is 0. The molecule has 1 saturated heterocycles. The van der Waals surface area contributed by atoms with Crippen LogP contribution in [0.3, 0.4) is 0 Å². The van der Waals surface area contributed by atoms with E-state index in [2.05, 4.69) is 31.1 Å². The van der Waals surface area contributed by atoms with E-state index in [1.165, 1.54) is 0 Å². The molecule has 0 aromatic heterocycles. The summed E-state index contributed by atoms with van der Waals surface area (Å²) in [5.74, 6) is -12.1. The maximum Gasteiger partial charge on any atom is 0.490 e. The molecule has 1 fully saturated rings. The quantitative estimate of drug-likeness (QED) is 0.101. The van der Waals surface area contributed by atoms with Crippen molar-refractivity contribution in [3.63, 3.8) is 0 Å². The third-order valence-corrected chi connectivity index (χ3v) is 9.82. The molecule has 0 unspecified atom stereocenters. The molecule has 0 aliphatic carbocycles. The Morgan fingerprint density at radius 3 is 1.19 bits per heavy atom. The van der Waals surface area contributed by atoms with Gasteiger partial charge in [0, 0.05) is 82.0 Å². The molecular formula is C44H49F12N9O12. The molecule has 5 aliphatic rings. The first kappa shape index (κ1) is 66.9. The number of aliphatic carboxylic acids is 4. The largest absolute Gasteiger partial charge is 0.490 e. The van der Waals surface area contributed by atoms with Crippen LogP contribution in [0.4, 0.5) is 64.1 Å². The van der Waals surface area contributed by atoms with Gasteiger partial charge in [-0.1, -0.05) is 48.5 Å². The molecule has 5 aliphatic heterocycles. The van der Waals surface area contributed by atoms with Gasteiger partial charge in [-0.2, -0.15) is 52.7 Å². The number of carbonyl (C=O) groups is 8. The summed E-state index contributed by atoms with van der Waals surface area (Å²) in [5, 5.41) is 47.7. The number of rotatable bonds is 4. The highest BCUT2D eigenvalue weighted by atomic mass is 19.4. The van der Waals surface area contributed by atoms with Crippen LogP contribution in [0.5, 0.6) is 0 Å². The van der Waals surface area contributed by atoms with Gasteiger partial charge in [-0.3, -0.25) is 24.6 Å². The van der Waals surface area contributed by atoms with E-state index in [-0.39, 0.29) is 42.9 Å². The molecule has 5 heterocycles. The Bertz CT molecular complexity index is 2370. The molecule has 0 radical (unpaired) electrons. The minimum Gasteiger partial charge on any atom is -0.475 e. The van der Waals surface area contributed by atoms with Gasteiger partial charge in [0.15, 0.2) is 0 Å². The fraction of sp³-hybridized carbons (Fsp3) is 0.386. The molecule has 13 N–H and O–H groups in total. The number of benzene rings is 3. The van der Waals surface area contributed by atoms with Crippen molar-refractivity contribution >= 4 is 64.7 Å². The highest BCUT2D eigenvalue weighted by molar-refractivity contribution is 5.95. The zero-order valence-electron chi connectivity index (χ0n) is 39.5. The number of nitrogen functional groups attached to an aromatic ring is 1. The number of alkyl halides is 12. The number of hydrogen-bond acceptors (Lipinski definition) is 12. The highest BCUT2D eigenvalue weighted by Gasteiger charge is 2.40. The lowest BCUT2D eigenvalue weighted by atomic mass is 10.0. The fourth-order valence-corrected chi connectivity index (χ4v) is 5.84. The Kier molecular flexibility index (Phi) is 26.5. The Hall–Kier alpha value is -8.07. The summed E-state index contributed by atoms with van der Waals surface area (Å²) in [4.78, 5) is 92.2. The predicted molar refractivity (Wildman–Crippen MR) is 244 cm³/mol. The Balaban J connectivity index is 0.000000861. The van der Waals surface area contributed by atoms with Crippen LogP contribution < -0.4 is 32.7 Å². The molecule has 8 rings (SSSR count). The van der Waals surface area contributed by atoms with E-state index in [9.17, 15) is 71.9 Å². The average molecular weight is 1120 g/mol. The minimum absolute atomic E-state index is 0.0444. The highest BCUT2D eigenvalue weighted by Crippen LogP contribution is 2.18. The number of amidine groups is 1. The number of amides is 4. The standard InChI is InChI=1S/C36H45N9O4.4C2HF3O2/c37-30-21-24-3-9-28(10-4-24)41-32(46)13-15-44-17-19-45(20-18-44)16-14-33(47)42-29-11-5-25(6-12-29)22-31(43-35(30)48)36(49)40-23-26-1-7-27(8-2-26)34(38)39;4*3-2(4,5)1(6)7/h1-12,30-31H,13-23,37H2,(H3,38,39)(H,40,49)(H,41,46)(H,42,47)(H,43,48);4*(H,6,7)/t30-,31+;;;;/m1..../s1. The van der Waals surface area contributed by atoms with E-state index in [0.717, 1.165) is 42.9 Å². The van der Waals surface area contributed by atoms with Crippen LogP contribution in [-0.2, 0) is 57.7 Å². The van der Waals surface area contributed by atoms with Crippen molar-refractivity contribution in [3.8, 4) is 0 Å². The second-order valence-corrected chi connectivity index (χ2v) is 15.8. The van der Waals surface area contributed by atoms with Crippen LogP contribution in [-0.4, -0.2) is 160 Å². The van der Waals surface area contributed by atoms with Gasteiger partial charge in [-0.05, 0) is 47.4 Å². The van der Waals surface area contributed by atoms with E-state index in [1.807, 2.05) is 24.3 Å². The molecule has 21 nitrogen and oxygen atoms in total. The molecule has 6 bridgehead atoms. The zero-order chi connectivity index (χ0) is 59.1. The summed E-state index contributed by atoms with van der Waals surface area (Å²) in [6.07, 6.45) is -19.2. The Morgan fingerprint density at radius 1 is 0.558 bits per heavy atom. The van der Waals surface area contributed by atoms with Gasteiger partial charge in [0.05, 0.1) is 6.04 Å². The molecule has 426 valence electrons. The maximum atomic E-state index is 13.5. The number of halogens is 12. The van der Waals surface area contributed by atoms with Gasteiger partial charge < -0.3 is 63.0 Å². The molecule has 77 heavy (non-hydrogen) atoms. The number of fused-ring (bicyclic) bond motifs is 3. The number of carboxylic acids is 4. The molecule has 4 amide bonds. The molecule has 33 heteroatoms.